The number of hydrogen-bond acceptors (Lipinski definition) is 6. The highest BCUT2D eigenvalue weighted by Gasteiger charge is 2.28. The minimum atomic E-state index is -0.0935. The van der Waals surface area contributed by atoms with Gasteiger partial charge >= 0.3 is 0 Å². The Hall–Kier alpha value is -3.78. The van der Waals surface area contributed by atoms with Crippen molar-refractivity contribution >= 4 is 28.4 Å². The molecule has 6 rings (SSSR count). The van der Waals surface area contributed by atoms with Crippen LogP contribution >= 0.6 is 0 Å². The number of amides is 1. The second-order valence-corrected chi connectivity index (χ2v) is 8.68. The molecule has 0 aliphatic carbocycles. The molecule has 3 N–H and O–H groups in total. The van der Waals surface area contributed by atoms with E-state index in [4.69, 9.17) is 9.97 Å². The van der Waals surface area contributed by atoms with Gasteiger partial charge in [0.15, 0.2) is 0 Å². The number of hydrogen-bond donors (Lipinski definition) is 3. The molecule has 0 atom stereocenters. The molecular weight excluding hydrogens is 414 g/mol. The molecule has 4 aromatic rings. The summed E-state index contributed by atoms with van der Waals surface area (Å²) in [6, 6.07) is 10.1. The van der Waals surface area contributed by atoms with Crippen molar-refractivity contribution in [2.24, 2.45) is 7.05 Å². The van der Waals surface area contributed by atoms with Crippen LogP contribution in [0.4, 0.5) is 11.5 Å². The largest absolute Gasteiger partial charge is 0.348 e. The number of aromatic nitrogens is 4. The van der Waals surface area contributed by atoms with E-state index in [-0.39, 0.29) is 5.91 Å². The Bertz CT molecular complexity index is 1370. The first kappa shape index (κ1) is 19.9. The van der Waals surface area contributed by atoms with Crippen molar-refractivity contribution in [1.82, 2.24) is 30.2 Å². The van der Waals surface area contributed by atoms with Crippen molar-refractivity contribution in [3.63, 3.8) is 0 Å². The number of rotatable bonds is 4. The molecule has 166 valence electrons. The van der Waals surface area contributed by atoms with Gasteiger partial charge in [-0.25, -0.2) is 9.97 Å². The SMILES string of the molecule is Cn1ccc2c(-c3ncc(Nc4cccc(C5CCNCC5)n4)c4c3CNC4=O)ccnc21. The standard InChI is InChI=1S/C25H25N7O/c1-32-12-8-17-16(7-11-27-24(17)32)23-18-13-29-25(33)22(18)20(14-28-23)31-21-4-2-3-19(30-21)15-5-9-26-10-6-15/h2-4,7-8,11-12,14-15,26H,5-6,9-10,13H2,1H3,(H,29,33)(H,30,31). The number of nitrogens with zero attached hydrogens (tertiary/aromatic N) is 4. The van der Waals surface area contributed by atoms with Crippen molar-refractivity contribution in [1.29, 1.82) is 0 Å². The van der Waals surface area contributed by atoms with Gasteiger partial charge in [-0.1, -0.05) is 6.07 Å². The molecule has 0 bridgehead atoms. The lowest BCUT2D eigenvalue weighted by Gasteiger charge is -2.22. The highest BCUT2D eigenvalue weighted by Crippen LogP contribution is 2.36. The molecule has 33 heavy (non-hydrogen) atoms. The second-order valence-electron chi connectivity index (χ2n) is 8.68. The third-order valence-electron chi connectivity index (χ3n) is 6.65. The quantitative estimate of drug-likeness (QED) is 0.451. The zero-order valence-electron chi connectivity index (χ0n) is 18.4. The third-order valence-corrected chi connectivity index (χ3v) is 6.65. The van der Waals surface area contributed by atoms with E-state index in [1.165, 1.54) is 0 Å². The lowest BCUT2D eigenvalue weighted by molar-refractivity contribution is 0.0966. The Morgan fingerprint density at radius 3 is 2.88 bits per heavy atom. The Labute approximate surface area is 191 Å². The number of fused-ring (bicyclic) bond motifs is 2. The first-order valence-electron chi connectivity index (χ1n) is 11.3. The normalized spacial score (nSPS) is 16.1. The van der Waals surface area contributed by atoms with Gasteiger partial charge in [0.1, 0.15) is 11.5 Å². The predicted molar refractivity (Wildman–Crippen MR) is 127 cm³/mol. The smallest absolute Gasteiger partial charge is 0.254 e. The van der Waals surface area contributed by atoms with Gasteiger partial charge < -0.3 is 20.5 Å². The fourth-order valence-electron chi connectivity index (χ4n) is 4.94. The molecule has 0 aromatic carbocycles. The minimum Gasteiger partial charge on any atom is -0.348 e. The number of carbonyl (C=O) groups is 1. The highest BCUT2D eigenvalue weighted by molar-refractivity contribution is 6.06. The van der Waals surface area contributed by atoms with Crippen LogP contribution in [0.3, 0.4) is 0 Å². The fraction of sp³-hybridized carbons (Fsp3) is 0.280. The summed E-state index contributed by atoms with van der Waals surface area (Å²) in [6.45, 7) is 2.49. The van der Waals surface area contributed by atoms with Gasteiger partial charge in [-0.15, -0.1) is 0 Å². The van der Waals surface area contributed by atoms with Crippen LogP contribution in [0.5, 0.6) is 0 Å². The fourth-order valence-corrected chi connectivity index (χ4v) is 4.94. The van der Waals surface area contributed by atoms with E-state index in [1.807, 2.05) is 42.1 Å². The van der Waals surface area contributed by atoms with Crippen molar-refractivity contribution in [2.75, 3.05) is 18.4 Å². The van der Waals surface area contributed by atoms with E-state index in [0.717, 1.165) is 65.3 Å². The summed E-state index contributed by atoms with van der Waals surface area (Å²) in [5.41, 5.74) is 5.98. The molecule has 1 saturated heterocycles. The van der Waals surface area contributed by atoms with E-state index in [9.17, 15) is 4.79 Å². The zero-order valence-corrected chi connectivity index (χ0v) is 18.4. The van der Waals surface area contributed by atoms with Gasteiger partial charge in [0, 0.05) is 54.1 Å². The van der Waals surface area contributed by atoms with E-state index in [2.05, 4.69) is 27.0 Å². The molecule has 1 amide bonds. The maximum Gasteiger partial charge on any atom is 0.254 e. The van der Waals surface area contributed by atoms with Gasteiger partial charge in [-0.2, -0.15) is 0 Å². The van der Waals surface area contributed by atoms with Crippen LogP contribution in [0.1, 0.15) is 40.4 Å². The Morgan fingerprint density at radius 1 is 1.12 bits per heavy atom. The molecule has 0 saturated carbocycles. The first-order valence-corrected chi connectivity index (χ1v) is 11.3. The minimum absolute atomic E-state index is 0.0935. The van der Waals surface area contributed by atoms with E-state index < -0.39 is 0 Å². The number of anilines is 2. The molecule has 2 aliphatic heterocycles. The molecule has 6 heterocycles. The number of aryl methyl sites for hydroxylation is 1. The lowest BCUT2D eigenvalue weighted by atomic mass is 9.94. The second kappa shape index (κ2) is 7.97. The van der Waals surface area contributed by atoms with Crippen LogP contribution < -0.4 is 16.0 Å². The van der Waals surface area contributed by atoms with Crippen molar-refractivity contribution in [3.05, 3.63) is 65.7 Å². The Morgan fingerprint density at radius 2 is 2.00 bits per heavy atom. The topological polar surface area (TPSA) is 96.8 Å². The van der Waals surface area contributed by atoms with Crippen molar-refractivity contribution in [3.8, 4) is 11.3 Å². The van der Waals surface area contributed by atoms with E-state index in [1.54, 1.807) is 12.4 Å². The molecule has 8 heteroatoms. The third kappa shape index (κ3) is 3.43. The molecule has 8 nitrogen and oxygen atoms in total. The van der Waals surface area contributed by atoms with E-state index >= 15 is 0 Å². The lowest BCUT2D eigenvalue weighted by Crippen LogP contribution is -2.27. The summed E-state index contributed by atoms with van der Waals surface area (Å²) in [6.07, 6.45) is 7.70. The van der Waals surface area contributed by atoms with Gasteiger partial charge in [0.25, 0.3) is 5.91 Å². The summed E-state index contributed by atoms with van der Waals surface area (Å²) >= 11 is 0. The highest BCUT2D eigenvalue weighted by atomic mass is 16.1. The maximum absolute atomic E-state index is 12.8. The van der Waals surface area contributed by atoms with Crippen LogP contribution in [-0.4, -0.2) is 38.5 Å². The summed E-state index contributed by atoms with van der Waals surface area (Å²) in [4.78, 5) is 27.0. The summed E-state index contributed by atoms with van der Waals surface area (Å²) < 4.78 is 1.99. The first-order chi connectivity index (χ1) is 16.2. The van der Waals surface area contributed by atoms with Gasteiger partial charge in [0.2, 0.25) is 0 Å². The van der Waals surface area contributed by atoms with E-state index in [0.29, 0.717) is 23.7 Å². The monoisotopic (exact) mass is 439 g/mol. The van der Waals surface area contributed by atoms with Gasteiger partial charge in [-0.3, -0.25) is 9.78 Å². The van der Waals surface area contributed by atoms with Gasteiger partial charge in [0.05, 0.1) is 23.1 Å². The Kier molecular flexibility index (Phi) is 4.80. The van der Waals surface area contributed by atoms with Crippen LogP contribution in [0.25, 0.3) is 22.3 Å². The number of pyridine rings is 3. The number of piperidine rings is 1. The summed E-state index contributed by atoms with van der Waals surface area (Å²) in [7, 11) is 1.97. The Balaban J connectivity index is 1.39. The van der Waals surface area contributed by atoms with Crippen LogP contribution in [0, 0.1) is 0 Å². The van der Waals surface area contributed by atoms with Crippen LogP contribution in [-0.2, 0) is 13.6 Å². The van der Waals surface area contributed by atoms with Crippen LogP contribution in [0.2, 0.25) is 0 Å². The molecule has 0 spiro atoms. The zero-order chi connectivity index (χ0) is 22.4. The molecule has 4 aromatic heterocycles. The molecule has 0 radical (unpaired) electrons. The summed E-state index contributed by atoms with van der Waals surface area (Å²) in [5, 5.41) is 10.8. The maximum atomic E-state index is 12.8. The van der Waals surface area contributed by atoms with Crippen molar-refractivity contribution < 1.29 is 4.79 Å². The average Bonchev–Trinajstić information content (AvgIpc) is 3.43. The van der Waals surface area contributed by atoms with Gasteiger partial charge in [-0.05, 0) is 50.2 Å². The molecule has 1 fully saturated rings. The predicted octanol–water partition coefficient (Wildman–Crippen LogP) is 3.48. The molecule has 2 aliphatic rings. The summed E-state index contributed by atoms with van der Waals surface area (Å²) in [5.74, 6) is 1.10. The molecular formula is C25H25N7O. The van der Waals surface area contributed by atoms with Crippen molar-refractivity contribution in [2.45, 2.75) is 25.3 Å². The number of nitrogens with one attached hydrogen (secondary N) is 3. The molecule has 0 unspecified atom stereocenters. The van der Waals surface area contributed by atoms with Crippen LogP contribution in [0.15, 0.2) is 48.9 Å². The average molecular weight is 440 g/mol. The number of carbonyl (C=O) groups excluding carboxylic acids is 1.